The number of rotatable bonds is 7. The molecule has 1 aromatic carbocycles. The smallest absolute Gasteiger partial charge is 0.273 e. The summed E-state index contributed by atoms with van der Waals surface area (Å²) in [5.41, 5.74) is 0.696. The maximum Gasteiger partial charge on any atom is 0.273 e. The summed E-state index contributed by atoms with van der Waals surface area (Å²) in [5.74, 6) is 0.517. The molecule has 0 saturated carbocycles. The first-order chi connectivity index (χ1) is 12.8. The first-order valence-corrected chi connectivity index (χ1v) is 9.47. The number of aromatic nitrogens is 1. The summed E-state index contributed by atoms with van der Waals surface area (Å²) in [6, 6.07) is 5.01. The van der Waals surface area contributed by atoms with Gasteiger partial charge in [0.25, 0.3) is 11.8 Å². The van der Waals surface area contributed by atoms with Crippen molar-refractivity contribution in [1.82, 2.24) is 9.88 Å². The number of hydrogen-bond donors (Lipinski definition) is 1. The molecule has 146 valence electrons. The second-order valence-electron chi connectivity index (χ2n) is 6.49. The Morgan fingerprint density at radius 2 is 1.59 bits per heavy atom. The fourth-order valence-electron chi connectivity index (χ4n) is 2.73. The Balaban J connectivity index is 2.18. The van der Waals surface area contributed by atoms with Crippen molar-refractivity contribution in [3.05, 3.63) is 34.8 Å². The van der Waals surface area contributed by atoms with Gasteiger partial charge in [-0.25, -0.2) is 4.98 Å². The molecule has 1 aromatic heterocycles. The summed E-state index contributed by atoms with van der Waals surface area (Å²) in [4.78, 5) is 31.3. The average molecular weight is 391 g/mol. The highest BCUT2D eigenvalue weighted by Crippen LogP contribution is 2.24. The molecule has 27 heavy (non-hydrogen) atoms. The largest absolute Gasteiger partial charge is 0.497 e. The van der Waals surface area contributed by atoms with E-state index in [1.54, 1.807) is 28.5 Å². The Labute approximate surface area is 163 Å². The molecule has 2 amide bonds. The lowest BCUT2D eigenvalue weighted by Gasteiger charge is -2.30. The molecule has 0 atom stereocenters. The maximum absolute atomic E-state index is 12.7. The van der Waals surface area contributed by atoms with Gasteiger partial charge in [0.1, 0.15) is 17.2 Å². The first-order valence-electron chi connectivity index (χ1n) is 8.59. The van der Waals surface area contributed by atoms with Gasteiger partial charge in [-0.1, -0.05) is 0 Å². The summed E-state index contributed by atoms with van der Waals surface area (Å²) < 4.78 is 10.4. The van der Waals surface area contributed by atoms with Gasteiger partial charge in [-0.05, 0) is 39.8 Å². The van der Waals surface area contributed by atoms with Crippen molar-refractivity contribution in [2.24, 2.45) is 0 Å². The highest BCUT2D eigenvalue weighted by atomic mass is 32.1. The molecule has 0 fully saturated rings. The Morgan fingerprint density at radius 1 is 1.04 bits per heavy atom. The molecule has 2 aromatic rings. The third-order valence-corrected chi connectivity index (χ3v) is 4.66. The molecule has 1 N–H and O–H groups in total. The van der Waals surface area contributed by atoms with Crippen LogP contribution in [0.25, 0.3) is 0 Å². The van der Waals surface area contributed by atoms with Gasteiger partial charge in [-0.3, -0.25) is 14.9 Å². The molecule has 0 bridgehead atoms. The first kappa shape index (κ1) is 20.7. The van der Waals surface area contributed by atoms with Crippen molar-refractivity contribution < 1.29 is 19.1 Å². The van der Waals surface area contributed by atoms with E-state index >= 15 is 0 Å². The van der Waals surface area contributed by atoms with Crippen molar-refractivity contribution in [2.75, 3.05) is 19.5 Å². The predicted octanol–water partition coefficient (Wildman–Crippen LogP) is 3.67. The van der Waals surface area contributed by atoms with Crippen LogP contribution in [-0.2, 0) is 0 Å². The summed E-state index contributed by atoms with van der Waals surface area (Å²) in [6.45, 7) is 7.85. The second kappa shape index (κ2) is 8.85. The van der Waals surface area contributed by atoms with Crippen LogP contribution in [0.15, 0.2) is 23.6 Å². The third-order valence-electron chi connectivity index (χ3n) is 3.90. The molecule has 0 radical (unpaired) electrons. The Kier molecular flexibility index (Phi) is 6.79. The minimum atomic E-state index is -0.356. The van der Waals surface area contributed by atoms with Gasteiger partial charge < -0.3 is 14.4 Å². The van der Waals surface area contributed by atoms with Crippen LogP contribution < -0.4 is 14.8 Å². The van der Waals surface area contributed by atoms with Gasteiger partial charge in [0.2, 0.25) is 0 Å². The van der Waals surface area contributed by atoms with Crippen LogP contribution in [-0.4, -0.2) is 48.0 Å². The second-order valence-corrected chi connectivity index (χ2v) is 7.35. The van der Waals surface area contributed by atoms with Crippen LogP contribution in [0.3, 0.4) is 0 Å². The van der Waals surface area contributed by atoms with Gasteiger partial charge in [-0.2, -0.15) is 0 Å². The lowest BCUT2D eigenvalue weighted by atomic mass is 10.2. The van der Waals surface area contributed by atoms with Crippen molar-refractivity contribution in [2.45, 2.75) is 39.8 Å². The van der Waals surface area contributed by atoms with Crippen LogP contribution >= 0.6 is 11.3 Å². The number of benzene rings is 1. The molecule has 0 saturated heterocycles. The quantitative estimate of drug-likeness (QED) is 0.779. The SMILES string of the molecule is COc1cc(OC)cc(C(=O)Nc2nc(C(=O)N(C(C)C)C(C)C)cs2)c1. The number of carbonyl (C=O) groups excluding carboxylic acids is 2. The standard InChI is InChI=1S/C19H25N3O4S/c1-11(2)22(12(3)4)18(24)16-10-27-19(20-16)21-17(23)13-7-14(25-5)9-15(8-13)26-6/h7-12H,1-6H3,(H,20,21,23). The lowest BCUT2D eigenvalue weighted by molar-refractivity contribution is 0.0638. The van der Waals surface area contributed by atoms with E-state index in [1.165, 1.54) is 25.6 Å². The minimum absolute atomic E-state index is 0.0569. The van der Waals surface area contributed by atoms with E-state index in [2.05, 4.69) is 10.3 Å². The monoisotopic (exact) mass is 391 g/mol. The highest BCUT2D eigenvalue weighted by Gasteiger charge is 2.24. The maximum atomic E-state index is 12.7. The predicted molar refractivity (Wildman–Crippen MR) is 106 cm³/mol. The van der Waals surface area contributed by atoms with E-state index in [1.807, 2.05) is 27.7 Å². The van der Waals surface area contributed by atoms with Gasteiger partial charge in [-0.15, -0.1) is 11.3 Å². The molecule has 0 aliphatic rings. The van der Waals surface area contributed by atoms with E-state index in [9.17, 15) is 9.59 Å². The van der Waals surface area contributed by atoms with Crippen molar-refractivity contribution in [3.8, 4) is 11.5 Å². The topological polar surface area (TPSA) is 80.8 Å². The van der Waals surface area contributed by atoms with Gasteiger partial charge in [0.15, 0.2) is 5.13 Å². The molecular formula is C19H25N3O4S. The van der Waals surface area contributed by atoms with E-state index in [0.29, 0.717) is 27.9 Å². The van der Waals surface area contributed by atoms with Gasteiger partial charge in [0, 0.05) is 29.1 Å². The summed E-state index contributed by atoms with van der Waals surface area (Å²) in [7, 11) is 3.04. The number of amides is 2. The van der Waals surface area contributed by atoms with Crippen LogP contribution in [0, 0.1) is 0 Å². The lowest BCUT2D eigenvalue weighted by Crippen LogP contribution is -2.42. The van der Waals surface area contributed by atoms with Gasteiger partial charge in [0.05, 0.1) is 14.2 Å². The summed E-state index contributed by atoms with van der Waals surface area (Å²) in [6.07, 6.45) is 0. The van der Waals surface area contributed by atoms with Crippen molar-refractivity contribution in [1.29, 1.82) is 0 Å². The number of thiazole rings is 1. The molecule has 0 spiro atoms. The zero-order chi connectivity index (χ0) is 20.1. The zero-order valence-electron chi connectivity index (χ0n) is 16.4. The summed E-state index contributed by atoms with van der Waals surface area (Å²) >= 11 is 1.21. The number of nitrogens with one attached hydrogen (secondary N) is 1. The van der Waals surface area contributed by atoms with Crippen LogP contribution in [0.5, 0.6) is 11.5 Å². The van der Waals surface area contributed by atoms with Crippen LogP contribution in [0.4, 0.5) is 5.13 Å². The Morgan fingerprint density at radius 3 is 2.07 bits per heavy atom. The average Bonchev–Trinajstić information content (AvgIpc) is 3.09. The van der Waals surface area contributed by atoms with E-state index < -0.39 is 0 Å². The van der Waals surface area contributed by atoms with E-state index in [4.69, 9.17) is 9.47 Å². The molecule has 0 unspecified atom stereocenters. The Hall–Kier alpha value is -2.61. The molecule has 0 aliphatic heterocycles. The third kappa shape index (κ3) is 4.97. The molecule has 8 heteroatoms. The number of anilines is 1. The fourth-order valence-corrected chi connectivity index (χ4v) is 3.41. The van der Waals surface area contributed by atoms with E-state index in [-0.39, 0.29) is 23.9 Å². The van der Waals surface area contributed by atoms with Crippen LogP contribution in [0.2, 0.25) is 0 Å². The normalized spacial score (nSPS) is 10.8. The van der Waals surface area contributed by atoms with Gasteiger partial charge >= 0.3 is 0 Å². The summed E-state index contributed by atoms with van der Waals surface area (Å²) in [5, 5.41) is 4.73. The zero-order valence-corrected chi connectivity index (χ0v) is 17.2. The minimum Gasteiger partial charge on any atom is -0.497 e. The number of carbonyl (C=O) groups is 2. The molecular weight excluding hydrogens is 366 g/mol. The number of ether oxygens (including phenoxy) is 2. The van der Waals surface area contributed by atoms with Crippen LogP contribution in [0.1, 0.15) is 48.5 Å². The number of hydrogen-bond acceptors (Lipinski definition) is 6. The Bertz CT molecular complexity index is 787. The molecule has 1 heterocycles. The molecule has 0 aliphatic carbocycles. The van der Waals surface area contributed by atoms with E-state index in [0.717, 1.165) is 0 Å². The molecule has 7 nitrogen and oxygen atoms in total. The van der Waals surface area contributed by atoms with Crippen molar-refractivity contribution in [3.63, 3.8) is 0 Å². The van der Waals surface area contributed by atoms with Crippen molar-refractivity contribution >= 4 is 28.3 Å². The molecule has 2 rings (SSSR count). The number of nitrogens with zero attached hydrogens (tertiary/aromatic N) is 2. The number of methoxy groups -OCH3 is 2. The highest BCUT2D eigenvalue weighted by molar-refractivity contribution is 7.14. The fraction of sp³-hybridized carbons (Fsp3) is 0.421.